The summed E-state index contributed by atoms with van der Waals surface area (Å²) in [5.41, 5.74) is 3.92. The van der Waals surface area contributed by atoms with Gasteiger partial charge in [0.15, 0.2) is 11.6 Å². The molecule has 0 radical (unpaired) electrons. The highest BCUT2D eigenvalue weighted by Crippen LogP contribution is 2.46. The third-order valence-corrected chi connectivity index (χ3v) is 7.63. The van der Waals surface area contributed by atoms with Gasteiger partial charge in [0, 0.05) is 6.54 Å². The van der Waals surface area contributed by atoms with Crippen LogP contribution in [0.25, 0.3) is 11.1 Å². The molecule has 3 aliphatic heterocycles. The molecule has 0 aromatic heterocycles. The van der Waals surface area contributed by atoms with Crippen molar-refractivity contribution in [3.8, 4) is 16.9 Å². The molecule has 3 heterocycles. The van der Waals surface area contributed by atoms with Gasteiger partial charge >= 0.3 is 6.09 Å². The zero-order valence-corrected chi connectivity index (χ0v) is 20.6. The number of carbonyl (C=O) groups is 1. The van der Waals surface area contributed by atoms with E-state index in [2.05, 4.69) is 36.2 Å². The van der Waals surface area contributed by atoms with Crippen LogP contribution in [0, 0.1) is 17.2 Å². The second-order valence-electron chi connectivity index (χ2n) is 11.0. The van der Waals surface area contributed by atoms with E-state index in [1.54, 1.807) is 6.07 Å². The summed E-state index contributed by atoms with van der Waals surface area (Å²) in [5.74, 6) is 0.397. The number of fused-ring (bicyclic) bond motifs is 4. The van der Waals surface area contributed by atoms with E-state index in [0.717, 1.165) is 55.6 Å². The maximum absolute atomic E-state index is 14.6. The Balaban J connectivity index is 1.31. The molecule has 2 aromatic carbocycles. The van der Waals surface area contributed by atoms with Gasteiger partial charge in [-0.1, -0.05) is 38.1 Å². The lowest BCUT2D eigenvalue weighted by Crippen LogP contribution is -2.53. The van der Waals surface area contributed by atoms with Crippen molar-refractivity contribution < 1.29 is 18.7 Å². The third-order valence-electron chi connectivity index (χ3n) is 7.63. The van der Waals surface area contributed by atoms with Crippen molar-refractivity contribution in [3.63, 3.8) is 0 Å². The maximum Gasteiger partial charge on any atom is 0.407 e. The summed E-state index contributed by atoms with van der Waals surface area (Å²) in [6, 6.07) is 11.2. The molecule has 0 saturated carbocycles. The number of benzene rings is 2. The zero-order chi connectivity index (χ0) is 24.0. The molecule has 5 nitrogen and oxygen atoms in total. The number of nitrogens with one attached hydrogen (secondary N) is 1. The van der Waals surface area contributed by atoms with Crippen molar-refractivity contribution in [1.29, 1.82) is 0 Å². The molecule has 0 unspecified atom stereocenters. The quantitative estimate of drug-likeness (QED) is 0.612. The molecular weight excluding hydrogens is 431 g/mol. The van der Waals surface area contributed by atoms with E-state index in [-0.39, 0.29) is 41.3 Å². The first-order valence-corrected chi connectivity index (χ1v) is 12.5. The lowest BCUT2D eigenvalue weighted by Gasteiger charge is -2.44. The van der Waals surface area contributed by atoms with E-state index >= 15 is 0 Å². The smallest absolute Gasteiger partial charge is 0.407 e. The second kappa shape index (κ2) is 8.88. The number of ether oxygens (including phenoxy) is 2. The molecule has 3 fully saturated rings. The lowest BCUT2D eigenvalue weighted by atomic mass is 9.85. The number of carbonyl (C=O) groups excluding carboxylic acids is 1. The van der Waals surface area contributed by atoms with Crippen LogP contribution in [0.15, 0.2) is 36.4 Å². The SMILES string of the molecule is CC(C)Oc1ccc(-c2ccc3c(c2)CC(C)(C)[C@H]3NC(=O)O[C@H]2CN3CCC2CC3)cc1F. The molecule has 3 saturated heterocycles. The minimum Gasteiger partial charge on any atom is -0.488 e. The Morgan fingerprint density at radius 2 is 1.82 bits per heavy atom. The van der Waals surface area contributed by atoms with Crippen LogP contribution in [0.4, 0.5) is 9.18 Å². The fourth-order valence-electron chi connectivity index (χ4n) is 5.87. The number of amides is 1. The Hall–Kier alpha value is -2.60. The van der Waals surface area contributed by atoms with Crippen LogP contribution in [0.2, 0.25) is 0 Å². The molecule has 4 aliphatic rings. The Morgan fingerprint density at radius 3 is 2.47 bits per heavy atom. The van der Waals surface area contributed by atoms with Crippen molar-refractivity contribution in [2.24, 2.45) is 11.3 Å². The first kappa shape index (κ1) is 23.2. The Labute approximate surface area is 201 Å². The average molecular weight is 467 g/mol. The molecule has 0 spiro atoms. The summed E-state index contributed by atoms with van der Waals surface area (Å²) in [6.07, 6.45) is 2.65. The first-order valence-electron chi connectivity index (χ1n) is 12.5. The number of nitrogens with zero attached hydrogens (tertiary/aromatic N) is 1. The molecule has 2 atom stereocenters. The van der Waals surface area contributed by atoms with Gasteiger partial charge in [0.2, 0.25) is 0 Å². The molecule has 6 heteroatoms. The number of hydrogen-bond acceptors (Lipinski definition) is 4. The van der Waals surface area contributed by atoms with Crippen molar-refractivity contribution in [2.75, 3.05) is 19.6 Å². The molecule has 1 N–H and O–H groups in total. The molecule has 1 amide bonds. The fraction of sp³-hybridized carbons (Fsp3) is 0.536. The van der Waals surface area contributed by atoms with Crippen molar-refractivity contribution in [2.45, 2.75) is 65.2 Å². The van der Waals surface area contributed by atoms with Crippen LogP contribution in [-0.2, 0) is 11.2 Å². The normalized spacial score (nSPS) is 26.9. The number of halogens is 1. The predicted molar refractivity (Wildman–Crippen MR) is 130 cm³/mol. The van der Waals surface area contributed by atoms with Crippen LogP contribution in [0.1, 0.15) is 57.7 Å². The van der Waals surface area contributed by atoms with Gasteiger partial charge in [0.05, 0.1) is 12.1 Å². The number of hydrogen-bond donors (Lipinski definition) is 1. The van der Waals surface area contributed by atoms with Crippen LogP contribution in [0.3, 0.4) is 0 Å². The van der Waals surface area contributed by atoms with Gasteiger partial charge in [0.1, 0.15) is 6.10 Å². The van der Waals surface area contributed by atoms with Crippen molar-refractivity contribution in [3.05, 3.63) is 53.3 Å². The van der Waals surface area contributed by atoms with Crippen LogP contribution in [-0.4, -0.2) is 42.8 Å². The standard InChI is InChI=1S/C28H35FN2O3/c1-17(2)33-24-8-6-20(14-23(24)29)19-5-7-22-21(13-19)15-28(3,4)26(22)30-27(32)34-25-16-31-11-9-18(25)10-12-31/h5-8,13-14,17-18,25-26H,9-12,15-16H2,1-4H3,(H,30,32)/t25-,26-/m0/s1. The first-order chi connectivity index (χ1) is 16.2. The Bertz CT molecular complexity index is 1080. The largest absolute Gasteiger partial charge is 0.488 e. The molecule has 6 rings (SSSR count). The summed E-state index contributed by atoms with van der Waals surface area (Å²) >= 11 is 0. The summed E-state index contributed by atoms with van der Waals surface area (Å²) in [4.78, 5) is 15.3. The summed E-state index contributed by atoms with van der Waals surface area (Å²) < 4.78 is 26.0. The lowest BCUT2D eigenvalue weighted by molar-refractivity contribution is -0.0348. The van der Waals surface area contributed by atoms with Gasteiger partial charge in [0.25, 0.3) is 0 Å². The number of alkyl carbamates (subject to hydrolysis) is 1. The van der Waals surface area contributed by atoms with Crippen LogP contribution < -0.4 is 10.1 Å². The average Bonchev–Trinajstić information content (AvgIpc) is 3.04. The van der Waals surface area contributed by atoms with Gasteiger partial charge in [-0.3, -0.25) is 4.90 Å². The van der Waals surface area contributed by atoms with E-state index in [1.165, 1.54) is 11.6 Å². The van der Waals surface area contributed by atoms with E-state index in [0.29, 0.717) is 5.92 Å². The van der Waals surface area contributed by atoms with Gasteiger partial charge in [-0.25, -0.2) is 9.18 Å². The highest BCUT2D eigenvalue weighted by atomic mass is 19.1. The highest BCUT2D eigenvalue weighted by molar-refractivity contribution is 5.70. The molecule has 182 valence electrons. The van der Waals surface area contributed by atoms with E-state index < -0.39 is 0 Å². The predicted octanol–water partition coefficient (Wildman–Crippen LogP) is 5.72. The topological polar surface area (TPSA) is 50.8 Å². The van der Waals surface area contributed by atoms with Crippen LogP contribution in [0.5, 0.6) is 5.75 Å². The second-order valence-corrected chi connectivity index (χ2v) is 11.0. The van der Waals surface area contributed by atoms with E-state index in [4.69, 9.17) is 9.47 Å². The number of piperidine rings is 3. The van der Waals surface area contributed by atoms with Gasteiger partial charge in [-0.05, 0) is 91.9 Å². The van der Waals surface area contributed by atoms with Crippen LogP contribution >= 0.6 is 0 Å². The minimum atomic E-state index is -0.359. The monoisotopic (exact) mass is 466 g/mol. The van der Waals surface area contributed by atoms with E-state index in [9.17, 15) is 9.18 Å². The molecular formula is C28H35FN2O3. The fourth-order valence-corrected chi connectivity index (χ4v) is 5.87. The minimum absolute atomic E-state index is 0.00796. The molecule has 2 bridgehead atoms. The van der Waals surface area contributed by atoms with Gasteiger partial charge < -0.3 is 14.8 Å². The highest BCUT2D eigenvalue weighted by Gasteiger charge is 2.42. The van der Waals surface area contributed by atoms with Crippen molar-refractivity contribution in [1.82, 2.24) is 10.2 Å². The summed E-state index contributed by atoms with van der Waals surface area (Å²) in [5, 5.41) is 3.17. The summed E-state index contributed by atoms with van der Waals surface area (Å²) in [7, 11) is 0. The Kier molecular flexibility index (Phi) is 6.05. The van der Waals surface area contributed by atoms with Crippen molar-refractivity contribution >= 4 is 6.09 Å². The summed E-state index contributed by atoms with van der Waals surface area (Å²) in [6.45, 7) is 11.2. The van der Waals surface area contributed by atoms with Gasteiger partial charge in [-0.2, -0.15) is 0 Å². The van der Waals surface area contributed by atoms with Gasteiger partial charge in [-0.15, -0.1) is 0 Å². The number of rotatable bonds is 5. The third kappa shape index (κ3) is 4.52. The van der Waals surface area contributed by atoms with E-state index in [1.807, 2.05) is 26.0 Å². The molecule has 34 heavy (non-hydrogen) atoms. The Morgan fingerprint density at radius 1 is 1.12 bits per heavy atom. The zero-order valence-electron chi connectivity index (χ0n) is 20.6. The molecule has 2 aromatic rings. The maximum atomic E-state index is 14.6. The molecule has 1 aliphatic carbocycles.